The highest BCUT2D eigenvalue weighted by Gasteiger charge is 2.15. The lowest BCUT2D eigenvalue weighted by Gasteiger charge is -1.88. The first kappa shape index (κ1) is 8.83. The van der Waals surface area contributed by atoms with Gasteiger partial charge < -0.3 is 14.7 Å². The number of nitrogens with two attached hydrogens (primary N) is 1. The van der Waals surface area contributed by atoms with Gasteiger partial charge in [0.15, 0.2) is 16.2 Å². The second kappa shape index (κ2) is 3.19. The Morgan fingerprint density at radius 2 is 2.08 bits per heavy atom. The molecule has 2 aromatic rings. The maximum absolute atomic E-state index is 5.48. The van der Waals surface area contributed by atoms with Crippen molar-refractivity contribution >= 4 is 37.7 Å². The molecule has 6 heteroatoms. The summed E-state index contributed by atoms with van der Waals surface area (Å²) in [5, 5.41) is 3.58. The minimum Gasteiger partial charge on any atom is -0.446 e. The second-order valence-corrected chi connectivity index (χ2v) is 3.89. The number of hydrogen-bond donors (Lipinski definition) is 1. The van der Waals surface area contributed by atoms with Gasteiger partial charge in [-0.3, -0.25) is 0 Å². The van der Waals surface area contributed by atoms with E-state index >= 15 is 0 Å². The Balaban J connectivity index is 2.52. The molecule has 0 spiro atoms. The predicted molar refractivity (Wildman–Crippen MR) is 54.0 cm³/mol. The van der Waals surface area contributed by atoms with Crippen molar-refractivity contribution in [1.29, 1.82) is 0 Å². The molecule has 2 aromatic heterocycles. The summed E-state index contributed by atoms with van der Waals surface area (Å²) in [6.07, 6.45) is 0. The molecule has 0 saturated heterocycles. The van der Waals surface area contributed by atoms with Crippen LogP contribution in [0.2, 0.25) is 0 Å². The molecule has 0 amide bonds. The van der Waals surface area contributed by atoms with E-state index in [0.717, 1.165) is 0 Å². The minimum absolute atomic E-state index is 0.308. The Bertz CT molecular complexity index is 435. The molecule has 2 heterocycles. The molecule has 0 bridgehead atoms. The van der Waals surface area contributed by atoms with E-state index in [0.29, 0.717) is 26.5 Å². The topological polar surface area (TPSA) is 65.2 Å². The lowest BCUT2D eigenvalue weighted by atomic mass is 10.3. The summed E-state index contributed by atoms with van der Waals surface area (Å²) in [7, 11) is 0. The Morgan fingerprint density at radius 3 is 2.54 bits per heavy atom. The monoisotopic (exact) mass is 306 g/mol. The fraction of sp³-hybridized carbons (Fsp3) is 0. The molecule has 0 unspecified atom stereocenters. The van der Waals surface area contributed by atoms with Crippen LogP contribution in [0.25, 0.3) is 11.5 Å². The van der Waals surface area contributed by atoms with Crippen molar-refractivity contribution < 1.29 is 8.94 Å². The number of nitrogens with zero attached hydrogens (tertiary/aromatic N) is 1. The molecule has 0 aromatic carbocycles. The van der Waals surface area contributed by atoms with Crippen LogP contribution >= 0.6 is 31.9 Å². The largest absolute Gasteiger partial charge is 0.446 e. The van der Waals surface area contributed by atoms with Crippen molar-refractivity contribution in [3.8, 4) is 11.5 Å². The van der Waals surface area contributed by atoms with Gasteiger partial charge in [-0.1, -0.05) is 5.16 Å². The summed E-state index contributed by atoms with van der Waals surface area (Å²) >= 11 is 6.43. The van der Waals surface area contributed by atoms with Gasteiger partial charge in [0, 0.05) is 0 Å². The molecule has 0 atom stereocenters. The zero-order chi connectivity index (χ0) is 9.42. The number of anilines is 1. The fourth-order valence-electron chi connectivity index (χ4n) is 0.881. The number of hydrogen-bond acceptors (Lipinski definition) is 4. The Hall–Kier alpha value is -0.750. The average Bonchev–Trinajstić information content (AvgIpc) is 2.62. The van der Waals surface area contributed by atoms with E-state index in [1.165, 1.54) is 0 Å². The van der Waals surface area contributed by atoms with Gasteiger partial charge >= 0.3 is 0 Å². The van der Waals surface area contributed by atoms with Gasteiger partial charge in [0.1, 0.15) is 4.47 Å². The van der Waals surface area contributed by atoms with Crippen LogP contribution < -0.4 is 5.73 Å². The van der Waals surface area contributed by atoms with Crippen LogP contribution in [0.1, 0.15) is 0 Å². The lowest BCUT2D eigenvalue weighted by molar-refractivity contribution is 0.418. The molecule has 68 valence electrons. The van der Waals surface area contributed by atoms with E-state index in [2.05, 4.69) is 37.0 Å². The first-order valence-electron chi connectivity index (χ1n) is 3.35. The maximum atomic E-state index is 5.48. The molecule has 0 aliphatic rings. The zero-order valence-electron chi connectivity index (χ0n) is 6.25. The quantitative estimate of drug-likeness (QED) is 0.879. The highest BCUT2D eigenvalue weighted by molar-refractivity contribution is 9.11. The van der Waals surface area contributed by atoms with E-state index in [1.54, 1.807) is 12.1 Å². The maximum Gasteiger partial charge on any atom is 0.218 e. The number of rotatable bonds is 1. The Morgan fingerprint density at radius 1 is 1.31 bits per heavy atom. The highest BCUT2D eigenvalue weighted by Crippen LogP contribution is 2.34. The van der Waals surface area contributed by atoms with Gasteiger partial charge in [-0.15, -0.1) is 0 Å². The first-order valence-corrected chi connectivity index (χ1v) is 4.93. The third-order valence-electron chi connectivity index (χ3n) is 1.46. The van der Waals surface area contributed by atoms with Gasteiger partial charge in [0.2, 0.25) is 5.76 Å². The normalized spacial score (nSPS) is 10.6. The predicted octanol–water partition coefficient (Wildman–Crippen LogP) is 3.04. The van der Waals surface area contributed by atoms with E-state index in [-0.39, 0.29) is 0 Å². The lowest BCUT2D eigenvalue weighted by Crippen LogP contribution is -1.82. The van der Waals surface area contributed by atoms with Crippen molar-refractivity contribution in [3.63, 3.8) is 0 Å². The van der Waals surface area contributed by atoms with Crippen molar-refractivity contribution in [1.82, 2.24) is 5.16 Å². The van der Waals surface area contributed by atoms with E-state index < -0.39 is 0 Å². The summed E-state index contributed by atoms with van der Waals surface area (Å²) in [4.78, 5) is 0. The Labute approximate surface area is 90.3 Å². The average molecular weight is 308 g/mol. The Kier molecular flexibility index (Phi) is 2.17. The zero-order valence-corrected chi connectivity index (χ0v) is 9.42. The van der Waals surface area contributed by atoms with Crippen LogP contribution in [-0.2, 0) is 0 Å². The number of aromatic nitrogens is 1. The van der Waals surface area contributed by atoms with Crippen molar-refractivity contribution in [2.75, 3.05) is 5.73 Å². The molecule has 0 radical (unpaired) electrons. The molecular weight excluding hydrogens is 304 g/mol. The smallest absolute Gasteiger partial charge is 0.218 e. The van der Waals surface area contributed by atoms with Crippen molar-refractivity contribution in [3.05, 3.63) is 21.3 Å². The first-order chi connectivity index (χ1) is 6.18. The van der Waals surface area contributed by atoms with E-state index in [4.69, 9.17) is 14.7 Å². The third kappa shape index (κ3) is 1.51. The number of furan rings is 1. The summed E-state index contributed by atoms with van der Waals surface area (Å²) in [5.74, 6) is 1.37. The molecule has 0 aliphatic heterocycles. The van der Waals surface area contributed by atoms with Gasteiger partial charge in [0.05, 0.1) is 0 Å². The van der Waals surface area contributed by atoms with Crippen molar-refractivity contribution in [2.45, 2.75) is 0 Å². The SMILES string of the molecule is Nc1noc(-c2ccc(Br)o2)c1Br. The fourth-order valence-corrected chi connectivity index (χ4v) is 1.53. The summed E-state index contributed by atoms with van der Waals surface area (Å²) in [6, 6.07) is 3.52. The van der Waals surface area contributed by atoms with Crippen LogP contribution in [0.4, 0.5) is 5.82 Å². The molecule has 0 fully saturated rings. The number of nitrogen functional groups attached to an aromatic ring is 1. The molecule has 2 rings (SSSR count). The second-order valence-electron chi connectivity index (χ2n) is 2.31. The highest BCUT2D eigenvalue weighted by atomic mass is 79.9. The van der Waals surface area contributed by atoms with Gasteiger partial charge in [-0.05, 0) is 44.0 Å². The van der Waals surface area contributed by atoms with Crippen LogP contribution in [-0.4, -0.2) is 5.16 Å². The van der Waals surface area contributed by atoms with Crippen LogP contribution in [0, 0.1) is 0 Å². The third-order valence-corrected chi connectivity index (χ3v) is 2.65. The van der Waals surface area contributed by atoms with Crippen LogP contribution in [0.3, 0.4) is 0 Å². The standard InChI is InChI=1S/C7H4Br2N2O2/c8-4-2-1-3(12-4)6-5(9)7(10)11-13-6/h1-2H,(H2,10,11). The van der Waals surface area contributed by atoms with Gasteiger partial charge in [-0.25, -0.2) is 0 Å². The summed E-state index contributed by atoms with van der Waals surface area (Å²) in [5.41, 5.74) is 5.48. The molecule has 4 nitrogen and oxygen atoms in total. The molecule has 13 heavy (non-hydrogen) atoms. The molecule has 0 aliphatic carbocycles. The van der Waals surface area contributed by atoms with Crippen LogP contribution in [0.5, 0.6) is 0 Å². The summed E-state index contributed by atoms with van der Waals surface area (Å²) in [6.45, 7) is 0. The molecule has 0 saturated carbocycles. The van der Waals surface area contributed by atoms with Crippen LogP contribution in [0.15, 0.2) is 30.2 Å². The van der Waals surface area contributed by atoms with Gasteiger partial charge in [0.25, 0.3) is 0 Å². The van der Waals surface area contributed by atoms with Crippen molar-refractivity contribution in [2.24, 2.45) is 0 Å². The number of halogens is 2. The van der Waals surface area contributed by atoms with Gasteiger partial charge in [-0.2, -0.15) is 0 Å². The minimum atomic E-state index is 0.308. The van der Waals surface area contributed by atoms with E-state index in [9.17, 15) is 0 Å². The summed E-state index contributed by atoms with van der Waals surface area (Å²) < 4.78 is 11.5. The molecular formula is C7H4Br2N2O2. The molecule has 2 N–H and O–H groups in total. The van der Waals surface area contributed by atoms with E-state index in [1.807, 2.05) is 0 Å².